The van der Waals surface area contributed by atoms with Crippen LogP contribution in [-0.2, 0) is 5.41 Å². The average molecular weight is 712 g/mol. The predicted molar refractivity (Wildman–Crippen MR) is 234 cm³/mol. The zero-order chi connectivity index (χ0) is 37.1. The fourth-order valence-electron chi connectivity index (χ4n) is 9.50. The molecule has 11 rings (SSSR count). The van der Waals surface area contributed by atoms with Crippen LogP contribution in [0.2, 0.25) is 0 Å². The van der Waals surface area contributed by atoms with Gasteiger partial charge in [0, 0.05) is 17.1 Å². The van der Waals surface area contributed by atoms with Crippen LogP contribution in [0.4, 0.5) is 17.1 Å². The Labute approximate surface area is 328 Å². The maximum Gasteiger partial charge on any atom is 0.0731 e. The highest BCUT2D eigenvalue weighted by Crippen LogP contribution is 2.64. The molecule has 2 aliphatic rings. The Kier molecular flexibility index (Phi) is 7.47. The third kappa shape index (κ3) is 4.88. The molecule has 0 saturated heterocycles. The summed E-state index contributed by atoms with van der Waals surface area (Å²) in [5, 5.41) is 0. The van der Waals surface area contributed by atoms with Gasteiger partial charge in [-0.1, -0.05) is 188 Å². The smallest absolute Gasteiger partial charge is 0.0731 e. The maximum absolute atomic E-state index is 2.36. The Hall–Kier alpha value is -7.22. The van der Waals surface area contributed by atoms with E-state index in [-0.39, 0.29) is 0 Å². The fourth-order valence-corrected chi connectivity index (χ4v) is 9.50. The molecule has 56 heavy (non-hydrogen) atoms. The molecule has 1 heteroatoms. The molecule has 0 N–H and O–H groups in total. The maximum atomic E-state index is 2.36. The average Bonchev–Trinajstić information content (AvgIpc) is 3.75. The summed E-state index contributed by atoms with van der Waals surface area (Å²) in [7, 11) is 0. The van der Waals surface area contributed by atoms with E-state index in [2.05, 4.69) is 229 Å². The third-order valence-corrected chi connectivity index (χ3v) is 11.9. The molecule has 1 spiro atoms. The van der Waals surface area contributed by atoms with E-state index >= 15 is 0 Å². The molecule has 9 aromatic carbocycles. The van der Waals surface area contributed by atoms with Crippen LogP contribution < -0.4 is 4.90 Å². The third-order valence-electron chi connectivity index (χ3n) is 11.9. The number of hydrogen-bond acceptors (Lipinski definition) is 1. The van der Waals surface area contributed by atoms with Crippen LogP contribution in [0.5, 0.6) is 0 Å². The zero-order valence-electron chi connectivity index (χ0n) is 30.8. The Morgan fingerprint density at radius 1 is 0.232 bits per heavy atom. The molecule has 0 radical (unpaired) electrons. The highest BCUT2D eigenvalue weighted by atomic mass is 15.1. The van der Waals surface area contributed by atoms with Crippen LogP contribution in [0, 0.1) is 0 Å². The molecule has 262 valence electrons. The van der Waals surface area contributed by atoms with Crippen molar-refractivity contribution in [1.82, 2.24) is 0 Å². The standard InChI is InChI=1S/C55H37N/c1-3-14-38(15-4-1)40-26-32-43(33-27-40)56(44-34-28-41(29-35-44)39-16-5-2-6-17-39)45-36-30-42(31-37-45)46-21-13-22-50-49-20-9-12-25-53(49)55(54(46)50)51-23-10-7-18-47(51)48-19-8-11-24-52(48)55/h1-37H. The summed E-state index contributed by atoms with van der Waals surface area (Å²) in [5.41, 5.74) is 21.0. The highest BCUT2D eigenvalue weighted by Gasteiger charge is 2.52. The Morgan fingerprint density at radius 3 is 1.00 bits per heavy atom. The lowest BCUT2D eigenvalue weighted by atomic mass is 9.68. The van der Waals surface area contributed by atoms with Crippen molar-refractivity contribution in [2.75, 3.05) is 4.90 Å². The van der Waals surface area contributed by atoms with Gasteiger partial charge in [-0.2, -0.15) is 0 Å². The number of hydrogen-bond donors (Lipinski definition) is 0. The van der Waals surface area contributed by atoms with Crippen molar-refractivity contribution in [3.63, 3.8) is 0 Å². The first-order valence-electron chi connectivity index (χ1n) is 19.4. The lowest BCUT2D eigenvalue weighted by Crippen LogP contribution is -2.26. The summed E-state index contributed by atoms with van der Waals surface area (Å²) in [6, 6.07) is 82.3. The summed E-state index contributed by atoms with van der Waals surface area (Å²) in [6.07, 6.45) is 0. The van der Waals surface area contributed by atoms with Crippen LogP contribution in [0.25, 0.3) is 55.6 Å². The van der Waals surface area contributed by atoms with Gasteiger partial charge >= 0.3 is 0 Å². The molecule has 0 heterocycles. The second-order valence-electron chi connectivity index (χ2n) is 14.8. The van der Waals surface area contributed by atoms with Crippen LogP contribution in [0.3, 0.4) is 0 Å². The summed E-state index contributed by atoms with van der Waals surface area (Å²) in [4.78, 5) is 2.36. The van der Waals surface area contributed by atoms with Gasteiger partial charge in [-0.05, 0) is 114 Å². The molecule has 0 aliphatic heterocycles. The SMILES string of the molecule is c1ccc(-c2ccc(N(c3ccc(-c4ccccc4)cc3)c3ccc(-c4cccc5c4C4(c6ccccc6-c6ccccc64)c4ccccc4-5)cc3)cc2)cc1. The van der Waals surface area contributed by atoms with Gasteiger partial charge in [-0.3, -0.25) is 0 Å². The first-order chi connectivity index (χ1) is 27.8. The number of rotatable bonds is 6. The molecule has 0 unspecified atom stereocenters. The van der Waals surface area contributed by atoms with Crippen molar-refractivity contribution in [3.8, 4) is 55.6 Å². The van der Waals surface area contributed by atoms with E-state index in [0.29, 0.717) is 0 Å². The first-order valence-corrected chi connectivity index (χ1v) is 19.4. The molecule has 0 amide bonds. The normalized spacial score (nSPS) is 12.8. The minimum absolute atomic E-state index is 0.401. The van der Waals surface area contributed by atoms with Crippen molar-refractivity contribution in [3.05, 3.63) is 247 Å². The Morgan fingerprint density at radius 2 is 0.554 bits per heavy atom. The lowest BCUT2D eigenvalue weighted by Gasteiger charge is -2.32. The molecule has 0 aromatic heterocycles. The molecule has 0 fully saturated rings. The Bertz CT molecular complexity index is 2720. The molecule has 9 aromatic rings. The van der Waals surface area contributed by atoms with Gasteiger partial charge in [0.15, 0.2) is 0 Å². The topological polar surface area (TPSA) is 3.24 Å². The largest absolute Gasteiger partial charge is 0.311 e. The van der Waals surface area contributed by atoms with E-state index in [1.54, 1.807) is 0 Å². The minimum atomic E-state index is -0.401. The van der Waals surface area contributed by atoms with Gasteiger partial charge < -0.3 is 4.90 Å². The van der Waals surface area contributed by atoms with Crippen molar-refractivity contribution in [2.45, 2.75) is 5.41 Å². The summed E-state index contributed by atoms with van der Waals surface area (Å²) >= 11 is 0. The van der Waals surface area contributed by atoms with Gasteiger partial charge in [-0.15, -0.1) is 0 Å². The molecule has 0 atom stereocenters. The molecule has 1 nitrogen and oxygen atoms in total. The van der Waals surface area contributed by atoms with Crippen LogP contribution in [0.15, 0.2) is 224 Å². The lowest BCUT2D eigenvalue weighted by molar-refractivity contribution is 0.796. The van der Waals surface area contributed by atoms with Crippen molar-refractivity contribution < 1.29 is 0 Å². The van der Waals surface area contributed by atoms with Gasteiger partial charge in [0.1, 0.15) is 0 Å². The molecular weight excluding hydrogens is 675 g/mol. The van der Waals surface area contributed by atoms with E-state index in [1.807, 2.05) is 0 Å². The van der Waals surface area contributed by atoms with E-state index in [0.717, 1.165) is 17.1 Å². The van der Waals surface area contributed by atoms with Gasteiger partial charge in [-0.25, -0.2) is 0 Å². The first kappa shape index (κ1) is 32.2. The minimum Gasteiger partial charge on any atom is -0.311 e. The number of nitrogens with zero attached hydrogens (tertiary/aromatic N) is 1. The summed E-state index contributed by atoms with van der Waals surface area (Å²) in [6.45, 7) is 0. The van der Waals surface area contributed by atoms with E-state index in [9.17, 15) is 0 Å². The quantitative estimate of drug-likeness (QED) is 0.166. The van der Waals surface area contributed by atoms with Gasteiger partial charge in [0.05, 0.1) is 5.41 Å². The van der Waals surface area contributed by atoms with Crippen LogP contribution in [-0.4, -0.2) is 0 Å². The van der Waals surface area contributed by atoms with Crippen molar-refractivity contribution in [2.24, 2.45) is 0 Å². The molecule has 0 saturated carbocycles. The second kappa shape index (κ2) is 13.0. The van der Waals surface area contributed by atoms with Crippen LogP contribution in [0.1, 0.15) is 22.3 Å². The fraction of sp³-hybridized carbons (Fsp3) is 0.0182. The van der Waals surface area contributed by atoms with Gasteiger partial charge in [0.25, 0.3) is 0 Å². The Balaban J connectivity index is 1.05. The van der Waals surface area contributed by atoms with E-state index < -0.39 is 5.41 Å². The van der Waals surface area contributed by atoms with Crippen LogP contribution >= 0.6 is 0 Å². The number of benzene rings is 9. The molecular formula is C55H37N. The second-order valence-corrected chi connectivity index (χ2v) is 14.8. The molecule has 2 aliphatic carbocycles. The summed E-state index contributed by atoms with van der Waals surface area (Å²) < 4.78 is 0. The number of anilines is 3. The van der Waals surface area contributed by atoms with E-state index in [4.69, 9.17) is 0 Å². The van der Waals surface area contributed by atoms with Gasteiger partial charge in [0.2, 0.25) is 0 Å². The zero-order valence-corrected chi connectivity index (χ0v) is 30.8. The summed E-state index contributed by atoms with van der Waals surface area (Å²) in [5.74, 6) is 0. The predicted octanol–water partition coefficient (Wildman–Crippen LogP) is 14.5. The van der Waals surface area contributed by atoms with Crippen molar-refractivity contribution in [1.29, 1.82) is 0 Å². The monoisotopic (exact) mass is 711 g/mol. The van der Waals surface area contributed by atoms with Crippen molar-refractivity contribution >= 4 is 17.1 Å². The molecule has 0 bridgehead atoms. The highest BCUT2D eigenvalue weighted by molar-refractivity contribution is 5.98. The number of fused-ring (bicyclic) bond motifs is 10. The van der Waals surface area contributed by atoms with E-state index in [1.165, 1.54) is 77.9 Å².